The van der Waals surface area contributed by atoms with Gasteiger partial charge in [0.25, 0.3) is 5.69 Å². The van der Waals surface area contributed by atoms with Crippen LogP contribution in [0, 0.1) is 14.8 Å². The fourth-order valence-corrected chi connectivity index (χ4v) is 2.57. The number of fused-ring (bicyclic) bond motifs is 1. The van der Waals surface area contributed by atoms with Crippen LogP contribution >= 0.6 is 12.2 Å². The van der Waals surface area contributed by atoms with Crippen molar-refractivity contribution in [3.63, 3.8) is 0 Å². The Morgan fingerprint density at radius 1 is 1.37 bits per heavy atom. The lowest BCUT2D eigenvalue weighted by Gasteiger charge is -2.16. The quantitative estimate of drug-likeness (QED) is 0.518. The van der Waals surface area contributed by atoms with Crippen LogP contribution in [-0.2, 0) is 0 Å². The van der Waals surface area contributed by atoms with Gasteiger partial charge in [0.1, 0.15) is 4.64 Å². The number of nitro benzene ring substituents is 1. The van der Waals surface area contributed by atoms with Crippen LogP contribution in [0.5, 0.6) is 0 Å². The zero-order valence-corrected chi connectivity index (χ0v) is 10.9. The lowest BCUT2D eigenvalue weighted by atomic mass is 10.2. The van der Waals surface area contributed by atoms with E-state index in [1.54, 1.807) is 6.07 Å². The lowest BCUT2D eigenvalue weighted by Crippen LogP contribution is -2.20. The van der Waals surface area contributed by atoms with Gasteiger partial charge in [0.2, 0.25) is 5.95 Å². The van der Waals surface area contributed by atoms with E-state index in [9.17, 15) is 10.1 Å². The van der Waals surface area contributed by atoms with E-state index in [4.69, 9.17) is 12.2 Å². The molecule has 1 saturated heterocycles. The molecule has 0 radical (unpaired) electrons. The monoisotopic (exact) mass is 276 g/mol. The summed E-state index contributed by atoms with van der Waals surface area (Å²) in [6.07, 6.45) is 2.31. The van der Waals surface area contributed by atoms with E-state index in [-0.39, 0.29) is 5.69 Å². The van der Waals surface area contributed by atoms with Crippen LogP contribution < -0.4 is 4.90 Å². The Morgan fingerprint density at radius 2 is 2.11 bits per heavy atom. The summed E-state index contributed by atoms with van der Waals surface area (Å²) < 4.78 is 0.402. The van der Waals surface area contributed by atoms with Crippen LogP contribution in [0.15, 0.2) is 18.2 Å². The second-order valence-corrected chi connectivity index (χ2v) is 4.93. The average molecular weight is 276 g/mol. The van der Waals surface area contributed by atoms with Crippen molar-refractivity contribution in [2.45, 2.75) is 12.8 Å². The minimum absolute atomic E-state index is 0.0303. The van der Waals surface area contributed by atoms with Gasteiger partial charge in [-0.05, 0) is 18.9 Å². The zero-order valence-electron chi connectivity index (χ0n) is 10.1. The number of rotatable bonds is 2. The van der Waals surface area contributed by atoms with Crippen molar-refractivity contribution in [3.8, 4) is 0 Å². The number of benzene rings is 1. The Labute approximate surface area is 114 Å². The summed E-state index contributed by atoms with van der Waals surface area (Å²) in [5.74, 6) is 0.754. The summed E-state index contributed by atoms with van der Waals surface area (Å²) in [6, 6.07) is 4.63. The molecule has 1 aliphatic rings. The predicted octanol–water partition coefficient (Wildman–Crippen LogP) is 2.80. The number of hydrogen-bond donors (Lipinski definition) is 1. The molecule has 2 aromatic rings. The van der Waals surface area contributed by atoms with Crippen molar-refractivity contribution in [1.29, 1.82) is 0 Å². The van der Waals surface area contributed by atoms with Gasteiger partial charge in [0.15, 0.2) is 0 Å². The van der Waals surface area contributed by atoms with Crippen molar-refractivity contribution in [1.82, 2.24) is 9.97 Å². The fourth-order valence-electron chi connectivity index (χ4n) is 2.32. The summed E-state index contributed by atoms with van der Waals surface area (Å²) in [4.78, 5) is 20.0. The molecule has 19 heavy (non-hydrogen) atoms. The molecule has 1 aromatic heterocycles. The van der Waals surface area contributed by atoms with Crippen molar-refractivity contribution < 1.29 is 4.92 Å². The van der Waals surface area contributed by atoms with Crippen LogP contribution in [0.25, 0.3) is 10.9 Å². The molecule has 2 heterocycles. The van der Waals surface area contributed by atoms with Crippen LogP contribution in [0.2, 0.25) is 0 Å². The van der Waals surface area contributed by atoms with Gasteiger partial charge >= 0.3 is 0 Å². The van der Waals surface area contributed by atoms with Gasteiger partial charge in [-0.1, -0.05) is 12.2 Å². The second-order valence-electron chi connectivity index (χ2n) is 4.55. The molecule has 0 unspecified atom stereocenters. The van der Waals surface area contributed by atoms with Crippen LogP contribution in [0.3, 0.4) is 0 Å². The molecule has 0 amide bonds. The third-order valence-corrected chi connectivity index (χ3v) is 3.62. The molecule has 0 bridgehead atoms. The van der Waals surface area contributed by atoms with Gasteiger partial charge in [0.05, 0.1) is 10.4 Å². The number of aromatic nitrogens is 2. The van der Waals surface area contributed by atoms with Crippen molar-refractivity contribution in [2.24, 2.45) is 0 Å². The van der Waals surface area contributed by atoms with Crippen molar-refractivity contribution >= 4 is 34.8 Å². The van der Waals surface area contributed by atoms with Gasteiger partial charge in [-0.2, -0.15) is 0 Å². The molecule has 1 fully saturated rings. The lowest BCUT2D eigenvalue weighted by molar-refractivity contribution is -0.384. The first-order chi connectivity index (χ1) is 9.15. The molecule has 0 saturated carbocycles. The maximum Gasteiger partial charge on any atom is 0.270 e. The molecule has 0 spiro atoms. The predicted molar refractivity (Wildman–Crippen MR) is 75.0 cm³/mol. The smallest absolute Gasteiger partial charge is 0.270 e. The van der Waals surface area contributed by atoms with E-state index in [2.05, 4.69) is 14.9 Å². The van der Waals surface area contributed by atoms with E-state index >= 15 is 0 Å². The summed E-state index contributed by atoms with van der Waals surface area (Å²) in [7, 11) is 0. The molecule has 6 nitrogen and oxygen atoms in total. The van der Waals surface area contributed by atoms with Crippen molar-refractivity contribution in [2.75, 3.05) is 18.0 Å². The summed E-state index contributed by atoms with van der Waals surface area (Å²) >= 11 is 5.24. The molecule has 1 aromatic carbocycles. The molecule has 1 N–H and O–H groups in total. The number of aromatic amines is 1. The molecule has 3 rings (SSSR count). The SMILES string of the molecule is O=[N+]([O-])c1ccc2[nH]c(N3CCCC3)nc(=S)c2c1. The Balaban J connectivity index is 2.14. The van der Waals surface area contributed by atoms with Crippen LogP contribution in [0.1, 0.15) is 12.8 Å². The third kappa shape index (κ3) is 2.17. The highest BCUT2D eigenvalue weighted by molar-refractivity contribution is 7.71. The normalized spacial score (nSPS) is 15.1. The van der Waals surface area contributed by atoms with Crippen molar-refractivity contribution in [3.05, 3.63) is 33.0 Å². The molecule has 0 atom stereocenters. The second kappa shape index (κ2) is 4.58. The largest absolute Gasteiger partial charge is 0.342 e. The Bertz CT molecular complexity index is 706. The van der Waals surface area contributed by atoms with E-state index in [0.29, 0.717) is 10.0 Å². The molecule has 1 aliphatic heterocycles. The number of anilines is 1. The van der Waals surface area contributed by atoms with Crippen LogP contribution in [-0.4, -0.2) is 28.0 Å². The first-order valence-corrected chi connectivity index (χ1v) is 6.49. The van der Waals surface area contributed by atoms with Gasteiger partial charge in [-0.25, -0.2) is 4.98 Å². The van der Waals surface area contributed by atoms with Gasteiger partial charge in [0, 0.05) is 30.6 Å². The van der Waals surface area contributed by atoms with Gasteiger partial charge in [-0.3, -0.25) is 10.1 Å². The number of non-ortho nitro benzene ring substituents is 1. The minimum Gasteiger partial charge on any atom is -0.342 e. The van der Waals surface area contributed by atoms with Gasteiger partial charge in [-0.15, -0.1) is 0 Å². The highest BCUT2D eigenvalue weighted by Gasteiger charge is 2.16. The minimum atomic E-state index is -0.428. The standard InChI is InChI=1S/C12H12N4O2S/c17-16(18)8-3-4-10-9(7-8)11(19)14-12(13-10)15-5-1-2-6-15/h3-4,7H,1-2,5-6H2,(H,13,14,19). The first kappa shape index (κ1) is 12.0. The molecule has 7 heteroatoms. The molecular formula is C12H12N4O2S. The first-order valence-electron chi connectivity index (χ1n) is 6.08. The molecular weight excluding hydrogens is 264 g/mol. The maximum absolute atomic E-state index is 10.8. The van der Waals surface area contributed by atoms with E-state index in [1.807, 2.05) is 0 Å². The maximum atomic E-state index is 10.8. The number of nitrogens with zero attached hydrogens (tertiary/aromatic N) is 3. The summed E-state index contributed by atoms with van der Waals surface area (Å²) in [5.41, 5.74) is 0.815. The fraction of sp³-hybridized carbons (Fsp3) is 0.333. The van der Waals surface area contributed by atoms with Gasteiger partial charge < -0.3 is 9.88 Å². The average Bonchev–Trinajstić information content (AvgIpc) is 2.92. The Morgan fingerprint density at radius 3 is 2.79 bits per heavy atom. The number of nitro groups is 1. The highest BCUT2D eigenvalue weighted by atomic mass is 32.1. The highest BCUT2D eigenvalue weighted by Crippen LogP contribution is 2.23. The number of hydrogen-bond acceptors (Lipinski definition) is 5. The topological polar surface area (TPSA) is 75.1 Å². The molecule has 98 valence electrons. The van der Waals surface area contributed by atoms with E-state index < -0.39 is 4.92 Å². The Kier molecular flexibility index (Phi) is 2.90. The number of H-pyrrole nitrogens is 1. The van der Waals surface area contributed by atoms with Crippen LogP contribution in [0.4, 0.5) is 11.6 Å². The summed E-state index contributed by atoms with van der Waals surface area (Å²) in [5, 5.41) is 11.4. The zero-order chi connectivity index (χ0) is 13.4. The third-order valence-electron chi connectivity index (χ3n) is 3.30. The van der Waals surface area contributed by atoms with E-state index in [0.717, 1.165) is 37.4 Å². The molecule has 0 aliphatic carbocycles. The number of nitrogens with one attached hydrogen (secondary N) is 1. The van der Waals surface area contributed by atoms with E-state index in [1.165, 1.54) is 12.1 Å². The summed E-state index contributed by atoms with van der Waals surface area (Å²) in [6.45, 7) is 1.94. The Hall–Kier alpha value is -2.02.